The minimum Gasteiger partial charge on any atom is -0.488 e. The largest absolute Gasteiger partial charge is 0.488 e. The zero-order valence-electron chi connectivity index (χ0n) is 10.0. The van der Waals surface area contributed by atoms with Crippen LogP contribution in [0.3, 0.4) is 0 Å². The highest BCUT2D eigenvalue weighted by Crippen LogP contribution is 2.29. The van der Waals surface area contributed by atoms with Gasteiger partial charge >= 0.3 is 0 Å². The molecule has 0 aliphatic heterocycles. The highest BCUT2D eigenvalue weighted by Gasteiger charge is 2.06. The van der Waals surface area contributed by atoms with Gasteiger partial charge in [-0.1, -0.05) is 17.7 Å². The van der Waals surface area contributed by atoms with E-state index in [1.54, 1.807) is 0 Å². The van der Waals surface area contributed by atoms with E-state index < -0.39 is 0 Å². The SMILES string of the molecule is CNCc1cccc(Br)c1OCC=C(C)C. The van der Waals surface area contributed by atoms with Crippen LogP contribution in [0.4, 0.5) is 0 Å². The number of benzene rings is 1. The third kappa shape index (κ3) is 3.99. The van der Waals surface area contributed by atoms with Crippen LogP contribution in [0, 0.1) is 0 Å². The Hall–Kier alpha value is -0.800. The number of hydrogen-bond donors (Lipinski definition) is 1. The van der Waals surface area contributed by atoms with Gasteiger partial charge in [0.1, 0.15) is 12.4 Å². The number of nitrogens with one attached hydrogen (secondary N) is 1. The lowest BCUT2D eigenvalue weighted by atomic mass is 10.2. The topological polar surface area (TPSA) is 21.3 Å². The molecule has 0 aromatic heterocycles. The van der Waals surface area contributed by atoms with Gasteiger partial charge in [0.2, 0.25) is 0 Å². The van der Waals surface area contributed by atoms with Crippen LogP contribution in [0.5, 0.6) is 5.75 Å². The fraction of sp³-hybridized carbons (Fsp3) is 0.385. The molecule has 16 heavy (non-hydrogen) atoms. The fourth-order valence-corrected chi connectivity index (χ4v) is 1.86. The molecule has 0 spiro atoms. The van der Waals surface area contributed by atoms with Crippen molar-refractivity contribution in [3.63, 3.8) is 0 Å². The standard InChI is InChI=1S/C13H18BrNO/c1-10(2)7-8-16-13-11(9-15-3)5-4-6-12(13)14/h4-7,15H,8-9H2,1-3H3. The van der Waals surface area contributed by atoms with Crippen molar-refractivity contribution in [3.05, 3.63) is 39.9 Å². The quantitative estimate of drug-likeness (QED) is 0.835. The maximum absolute atomic E-state index is 5.77. The van der Waals surface area contributed by atoms with Gasteiger partial charge in [-0.3, -0.25) is 0 Å². The van der Waals surface area contributed by atoms with Crippen molar-refractivity contribution in [1.82, 2.24) is 5.32 Å². The zero-order valence-corrected chi connectivity index (χ0v) is 11.6. The molecule has 0 atom stereocenters. The number of halogens is 1. The predicted molar refractivity (Wildman–Crippen MR) is 71.8 cm³/mol. The normalized spacial score (nSPS) is 10.0. The molecule has 0 bridgehead atoms. The molecule has 1 aromatic rings. The van der Waals surface area contributed by atoms with Crippen LogP contribution in [-0.4, -0.2) is 13.7 Å². The lowest BCUT2D eigenvalue weighted by Gasteiger charge is -2.11. The van der Waals surface area contributed by atoms with Crippen LogP contribution in [0.1, 0.15) is 19.4 Å². The number of hydrogen-bond acceptors (Lipinski definition) is 2. The van der Waals surface area contributed by atoms with Gasteiger partial charge in [-0.2, -0.15) is 0 Å². The maximum Gasteiger partial charge on any atom is 0.138 e. The Labute approximate surface area is 106 Å². The predicted octanol–water partition coefficient (Wildman–Crippen LogP) is 3.51. The molecule has 3 heteroatoms. The molecule has 88 valence electrons. The second kappa shape index (κ2) is 6.71. The summed E-state index contributed by atoms with van der Waals surface area (Å²) in [5, 5.41) is 3.13. The molecular formula is C13H18BrNO. The molecule has 0 saturated heterocycles. The first-order chi connectivity index (χ1) is 7.65. The van der Waals surface area contributed by atoms with Crippen LogP contribution in [0.2, 0.25) is 0 Å². The Balaban J connectivity index is 2.79. The summed E-state index contributed by atoms with van der Waals surface area (Å²) in [5.41, 5.74) is 2.43. The molecule has 1 rings (SSSR count). The summed E-state index contributed by atoms with van der Waals surface area (Å²) < 4.78 is 6.77. The second-order valence-electron chi connectivity index (χ2n) is 3.85. The molecule has 0 unspecified atom stereocenters. The molecule has 0 aliphatic rings. The van der Waals surface area contributed by atoms with Crippen LogP contribution in [0.15, 0.2) is 34.3 Å². The number of rotatable bonds is 5. The molecule has 2 nitrogen and oxygen atoms in total. The van der Waals surface area contributed by atoms with Gasteiger partial charge in [-0.25, -0.2) is 0 Å². The van der Waals surface area contributed by atoms with E-state index in [1.165, 1.54) is 11.1 Å². The summed E-state index contributed by atoms with van der Waals surface area (Å²) in [4.78, 5) is 0. The van der Waals surface area contributed by atoms with E-state index in [0.717, 1.165) is 16.8 Å². The van der Waals surface area contributed by atoms with Crippen molar-refractivity contribution in [1.29, 1.82) is 0 Å². The van der Waals surface area contributed by atoms with Crippen LogP contribution < -0.4 is 10.1 Å². The monoisotopic (exact) mass is 283 g/mol. The Morgan fingerprint density at radius 3 is 2.81 bits per heavy atom. The summed E-state index contributed by atoms with van der Waals surface area (Å²) in [7, 11) is 1.93. The number of para-hydroxylation sites is 1. The van der Waals surface area contributed by atoms with E-state index in [1.807, 2.05) is 19.2 Å². The van der Waals surface area contributed by atoms with E-state index in [0.29, 0.717) is 6.61 Å². The van der Waals surface area contributed by atoms with Gasteiger partial charge in [-0.15, -0.1) is 0 Å². The Morgan fingerprint density at radius 1 is 1.44 bits per heavy atom. The van der Waals surface area contributed by atoms with Gasteiger partial charge in [0.15, 0.2) is 0 Å². The van der Waals surface area contributed by atoms with Crippen LogP contribution >= 0.6 is 15.9 Å². The molecular weight excluding hydrogens is 266 g/mol. The van der Waals surface area contributed by atoms with Crippen LogP contribution in [-0.2, 0) is 6.54 Å². The Kier molecular flexibility index (Phi) is 5.56. The first-order valence-corrected chi connectivity index (χ1v) is 6.12. The van der Waals surface area contributed by atoms with Crippen molar-refractivity contribution in [2.24, 2.45) is 0 Å². The summed E-state index contributed by atoms with van der Waals surface area (Å²) >= 11 is 3.51. The average molecular weight is 284 g/mol. The van der Waals surface area contributed by atoms with Gasteiger partial charge < -0.3 is 10.1 Å². The smallest absolute Gasteiger partial charge is 0.138 e. The molecule has 0 heterocycles. The van der Waals surface area contributed by atoms with Crippen molar-refractivity contribution in [3.8, 4) is 5.75 Å². The fourth-order valence-electron chi connectivity index (χ4n) is 1.34. The molecule has 0 aliphatic carbocycles. The zero-order chi connectivity index (χ0) is 12.0. The third-order valence-electron chi connectivity index (χ3n) is 2.14. The summed E-state index contributed by atoms with van der Waals surface area (Å²) in [5.74, 6) is 0.925. The Morgan fingerprint density at radius 2 is 2.19 bits per heavy atom. The van der Waals surface area contributed by atoms with E-state index in [4.69, 9.17) is 4.74 Å². The maximum atomic E-state index is 5.77. The first-order valence-electron chi connectivity index (χ1n) is 5.33. The summed E-state index contributed by atoms with van der Waals surface area (Å²) in [6.07, 6.45) is 2.07. The number of allylic oxidation sites excluding steroid dienone is 1. The van der Waals surface area contributed by atoms with Crippen LogP contribution in [0.25, 0.3) is 0 Å². The molecule has 0 fully saturated rings. The molecule has 0 radical (unpaired) electrons. The van der Waals surface area contributed by atoms with Crippen molar-refractivity contribution >= 4 is 15.9 Å². The van der Waals surface area contributed by atoms with E-state index >= 15 is 0 Å². The van der Waals surface area contributed by atoms with Gasteiger partial charge in [0, 0.05) is 12.1 Å². The lowest BCUT2D eigenvalue weighted by molar-refractivity contribution is 0.355. The first kappa shape index (κ1) is 13.3. The second-order valence-corrected chi connectivity index (χ2v) is 4.71. The highest BCUT2D eigenvalue weighted by molar-refractivity contribution is 9.10. The Bertz CT molecular complexity index is 370. The van der Waals surface area contributed by atoms with Gasteiger partial charge in [0.25, 0.3) is 0 Å². The lowest BCUT2D eigenvalue weighted by Crippen LogP contribution is -2.08. The number of ether oxygens (including phenoxy) is 1. The van der Waals surface area contributed by atoms with E-state index in [-0.39, 0.29) is 0 Å². The third-order valence-corrected chi connectivity index (χ3v) is 2.76. The van der Waals surface area contributed by atoms with E-state index in [2.05, 4.69) is 47.2 Å². The van der Waals surface area contributed by atoms with Gasteiger partial charge in [-0.05, 0) is 49.0 Å². The average Bonchev–Trinajstić information content (AvgIpc) is 2.22. The molecule has 1 N–H and O–H groups in total. The molecule has 1 aromatic carbocycles. The van der Waals surface area contributed by atoms with Gasteiger partial charge in [0.05, 0.1) is 4.47 Å². The van der Waals surface area contributed by atoms with Crippen molar-refractivity contribution < 1.29 is 4.74 Å². The molecule has 0 amide bonds. The minimum atomic E-state index is 0.613. The van der Waals surface area contributed by atoms with E-state index in [9.17, 15) is 0 Å². The molecule has 0 saturated carbocycles. The summed E-state index contributed by atoms with van der Waals surface area (Å²) in [6, 6.07) is 6.08. The highest BCUT2D eigenvalue weighted by atomic mass is 79.9. The van der Waals surface area contributed by atoms with Crippen molar-refractivity contribution in [2.75, 3.05) is 13.7 Å². The van der Waals surface area contributed by atoms with Crippen molar-refractivity contribution in [2.45, 2.75) is 20.4 Å². The minimum absolute atomic E-state index is 0.613. The summed E-state index contributed by atoms with van der Waals surface area (Å²) in [6.45, 7) is 5.56.